The highest BCUT2D eigenvalue weighted by molar-refractivity contribution is 5.72. The Morgan fingerprint density at radius 2 is 2.32 bits per heavy atom. The van der Waals surface area contributed by atoms with Crippen molar-refractivity contribution < 1.29 is 9.53 Å². The second-order valence-corrected chi connectivity index (χ2v) is 4.65. The van der Waals surface area contributed by atoms with E-state index in [1.807, 2.05) is 24.4 Å². The molecule has 0 amide bonds. The lowest BCUT2D eigenvalue weighted by Crippen LogP contribution is -2.26. The predicted octanol–water partition coefficient (Wildman–Crippen LogP) is 1.68. The Bertz CT molecular complexity index is 592. The monoisotopic (exact) mass is 257 g/mol. The molecule has 2 aromatic rings. The largest absolute Gasteiger partial charge is 0.469 e. The molecule has 19 heavy (non-hydrogen) atoms. The zero-order chi connectivity index (χ0) is 13.2. The molecular formula is C14H15N3O2. The average Bonchev–Trinajstić information content (AvgIpc) is 2.90. The summed E-state index contributed by atoms with van der Waals surface area (Å²) in [5.74, 6) is 0.691. The fourth-order valence-electron chi connectivity index (χ4n) is 2.53. The number of fused-ring (bicyclic) bond motifs is 1. The zero-order valence-electron chi connectivity index (χ0n) is 10.7. The van der Waals surface area contributed by atoms with Gasteiger partial charge >= 0.3 is 5.97 Å². The molecule has 2 aromatic heterocycles. The minimum Gasteiger partial charge on any atom is -0.469 e. The lowest BCUT2D eigenvalue weighted by atomic mass is 9.96. The first-order valence-corrected chi connectivity index (χ1v) is 6.33. The summed E-state index contributed by atoms with van der Waals surface area (Å²) in [6, 6.07) is 5.78. The lowest BCUT2D eigenvalue weighted by Gasteiger charge is -2.22. The highest BCUT2D eigenvalue weighted by atomic mass is 16.5. The van der Waals surface area contributed by atoms with E-state index in [0.29, 0.717) is 6.42 Å². The van der Waals surface area contributed by atoms with Crippen molar-refractivity contribution in [2.24, 2.45) is 5.92 Å². The molecule has 0 saturated carbocycles. The van der Waals surface area contributed by atoms with Crippen LogP contribution >= 0.6 is 0 Å². The van der Waals surface area contributed by atoms with Crippen LogP contribution in [0, 0.1) is 5.92 Å². The number of pyridine rings is 1. The van der Waals surface area contributed by atoms with Crippen LogP contribution < -0.4 is 0 Å². The van der Waals surface area contributed by atoms with Gasteiger partial charge in [-0.05, 0) is 18.6 Å². The standard InChI is InChI=1S/C14H15N3O2/c1-19-14(18)10-5-7-17-11(8-10)9-16-13(17)12-4-2-3-6-15-12/h2-4,6,9-10H,5,7-8H2,1H3. The van der Waals surface area contributed by atoms with Crippen molar-refractivity contribution in [3.63, 3.8) is 0 Å². The number of methoxy groups -OCH3 is 1. The number of hydrogen-bond acceptors (Lipinski definition) is 4. The number of aromatic nitrogens is 3. The quantitative estimate of drug-likeness (QED) is 0.768. The van der Waals surface area contributed by atoms with E-state index in [-0.39, 0.29) is 11.9 Å². The van der Waals surface area contributed by atoms with Crippen LogP contribution in [0.2, 0.25) is 0 Å². The van der Waals surface area contributed by atoms with Gasteiger partial charge in [0.2, 0.25) is 0 Å². The second kappa shape index (κ2) is 4.84. The fraction of sp³-hybridized carbons (Fsp3) is 0.357. The van der Waals surface area contributed by atoms with Crippen molar-refractivity contribution in [2.45, 2.75) is 19.4 Å². The van der Waals surface area contributed by atoms with Crippen LogP contribution in [-0.2, 0) is 22.5 Å². The number of esters is 1. The van der Waals surface area contributed by atoms with E-state index < -0.39 is 0 Å². The molecule has 0 radical (unpaired) electrons. The topological polar surface area (TPSA) is 57.0 Å². The van der Waals surface area contributed by atoms with E-state index in [4.69, 9.17) is 4.74 Å². The van der Waals surface area contributed by atoms with Crippen LogP contribution in [0.5, 0.6) is 0 Å². The molecule has 1 aliphatic rings. The molecule has 1 aliphatic heterocycles. The van der Waals surface area contributed by atoms with Gasteiger partial charge in [-0.2, -0.15) is 0 Å². The highest BCUT2D eigenvalue weighted by Gasteiger charge is 2.27. The molecule has 1 atom stereocenters. The summed E-state index contributed by atoms with van der Waals surface area (Å²) in [5, 5.41) is 0. The molecule has 98 valence electrons. The highest BCUT2D eigenvalue weighted by Crippen LogP contribution is 2.26. The van der Waals surface area contributed by atoms with E-state index in [1.165, 1.54) is 7.11 Å². The maximum Gasteiger partial charge on any atom is 0.309 e. The molecule has 0 aromatic carbocycles. The molecule has 5 nitrogen and oxygen atoms in total. The van der Waals surface area contributed by atoms with Crippen LogP contribution in [0.4, 0.5) is 0 Å². The summed E-state index contributed by atoms with van der Waals surface area (Å²) in [5.41, 5.74) is 1.94. The number of imidazole rings is 1. The summed E-state index contributed by atoms with van der Waals surface area (Å²) < 4.78 is 6.96. The zero-order valence-corrected chi connectivity index (χ0v) is 10.7. The first-order chi connectivity index (χ1) is 9.29. The number of carbonyl (C=O) groups excluding carboxylic acids is 1. The number of ether oxygens (including phenoxy) is 1. The van der Waals surface area contributed by atoms with Gasteiger partial charge in [0.15, 0.2) is 5.82 Å². The molecule has 0 spiro atoms. The summed E-state index contributed by atoms with van der Waals surface area (Å²) in [4.78, 5) is 20.3. The molecule has 0 bridgehead atoms. The van der Waals surface area contributed by atoms with Crippen molar-refractivity contribution in [2.75, 3.05) is 7.11 Å². The molecule has 5 heteroatoms. The number of hydrogen-bond donors (Lipinski definition) is 0. The Labute approximate surface area is 111 Å². The Balaban J connectivity index is 1.90. The van der Waals surface area contributed by atoms with Gasteiger partial charge in [-0.25, -0.2) is 4.98 Å². The first-order valence-electron chi connectivity index (χ1n) is 6.33. The summed E-state index contributed by atoms with van der Waals surface area (Å²) in [6.07, 6.45) is 5.07. The fourth-order valence-corrected chi connectivity index (χ4v) is 2.53. The number of carbonyl (C=O) groups is 1. The normalized spacial score (nSPS) is 17.8. The van der Waals surface area contributed by atoms with Gasteiger partial charge in [-0.1, -0.05) is 6.07 Å². The van der Waals surface area contributed by atoms with Crippen molar-refractivity contribution in [3.05, 3.63) is 36.3 Å². The molecular weight excluding hydrogens is 242 g/mol. The molecule has 0 saturated heterocycles. The van der Waals surface area contributed by atoms with Crippen LogP contribution in [0.1, 0.15) is 12.1 Å². The Morgan fingerprint density at radius 1 is 1.42 bits per heavy atom. The van der Waals surface area contributed by atoms with Gasteiger partial charge in [-0.3, -0.25) is 9.78 Å². The Morgan fingerprint density at radius 3 is 3.05 bits per heavy atom. The van der Waals surface area contributed by atoms with Crippen LogP contribution in [-0.4, -0.2) is 27.6 Å². The number of nitrogens with zero attached hydrogens (tertiary/aromatic N) is 3. The van der Waals surface area contributed by atoms with Gasteiger partial charge in [0.05, 0.1) is 13.0 Å². The van der Waals surface area contributed by atoms with E-state index in [2.05, 4.69) is 14.5 Å². The third kappa shape index (κ3) is 2.12. The minimum atomic E-state index is -0.133. The smallest absolute Gasteiger partial charge is 0.309 e. The second-order valence-electron chi connectivity index (χ2n) is 4.65. The Kier molecular flexibility index (Phi) is 3.03. The third-order valence-electron chi connectivity index (χ3n) is 3.52. The summed E-state index contributed by atoms with van der Waals surface area (Å²) in [7, 11) is 1.44. The van der Waals surface area contributed by atoms with Gasteiger partial charge in [0.1, 0.15) is 5.69 Å². The minimum absolute atomic E-state index is 0.0502. The van der Waals surface area contributed by atoms with Crippen molar-refractivity contribution >= 4 is 5.97 Å². The first kappa shape index (κ1) is 11.9. The molecule has 0 aliphatic carbocycles. The Hall–Kier alpha value is -2.17. The van der Waals surface area contributed by atoms with Gasteiger partial charge in [0, 0.05) is 31.1 Å². The maximum atomic E-state index is 11.6. The molecule has 1 unspecified atom stereocenters. The van der Waals surface area contributed by atoms with E-state index in [0.717, 1.165) is 30.2 Å². The molecule has 0 fully saturated rings. The number of rotatable bonds is 2. The molecule has 3 heterocycles. The van der Waals surface area contributed by atoms with Crippen molar-refractivity contribution in [3.8, 4) is 11.5 Å². The van der Waals surface area contributed by atoms with E-state index in [9.17, 15) is 4.79 Å². The summed E-state index contributed by atoms with van der Waals surface area (Å²) in [6.45, 7) is 0.779. The van der Waals surface area contributed by atoms with E-state index >= 15 is 0 Å². The SMILES string of the molecule is COC(=O)C1CCn2c(cnc2-c2ccccn2)C1. The third-order valence-corrected chi connectivity index (χ3v) is 3.52. The molecule has 0 N–H and O–H groups in total. The van der Waals surface area contributed by atoms with Gasteiger partial charge in [0.25, 0.3) is 0 Å². The van der Waals surface area contributed by atoms with E-state index in [1.54, 1.807) is 6.20 Å². The van der Waals surface area contributed by atoms with Gasteiger partial charge in [-0.15, -0.1) is 0 Å². The molecule has 3 rings (SSSR count). The van der Waals surface area contributed by atoms with Crippen LogP contribution in [0.3, 0.4) is 0 Å². The summed E-state index contributed by atoms with van der Waals surface area (Å²) >= 11 is 0. The van der Waals surface area contributed by atoms with Crippen molar-refractivity contribution in [1.82, 2.24) is 14.5 Å². The van der Waals surface area contributed by atoms with Gasteiger partial charge < -0.3 is 9.30 Å². The van der Waals surface area contributed by atoms with Crippen molar-refractivity contribution in [1.29, 1.82) is 0 Å². The average molecular weight is 257 g/mol. The predicted molar refractivity (Wildman–Crippen MR) is 69.3 cm³/mol. The van der Waals surface area contributed by atoms with Crippen LogP contribution in [0.25, 0.3) is 11.5 Å². The lowest BCUT2D eigenvalue weighted by molar-refractivity contribution is -0.146. The maximum absolute atomic E-state index is 11.6. The van der Waals surface area contributed by atoms with Crippen LogP contribution in [0.15, 0.2) is 30.6 Å².